The predicted octanol–water partition coefficient (Wildman–Crippen LogP) is 2.85. The molecule has 4 atom stereocenters. The molecule has 2 aliphatic rings. The van der Waals surface area contributed by atoms with Crippen LogP contribution in [-0.4, -0.2) is 35.7 Å². The Hall–Kier alpha value is -0.130. The Kier molecular flexibility index (Phi) is 3.65. The number of benzene rings is 1. The van der Waals surface area contributed by atoms with E-state index in [1.54, 1.807) is 0 Å². The third kappa shape index (κ3) is 2.10. The van der Waals surface area contributed by atoms with Gasteiger partial charge in [0.05, 0.1) is 0 Å². The molecule has 1 aromatic rings. The monoisotopic (exact) mass is 357 g/mol. The van der Waals surface area contributed by atoms with Gasteiger partial charge >= 0.3 is 0 Å². The summed E-state index contributed by atoms with van der Waals surface area (Å²) in [4.78, 5) is 2.50. The third-order valence-corrected chi connectivity index (χ3v) is 5.66. The van der Waals surface area contributed by atoms with Crippen LogP contribution in [0.15, 0.2) is 24.3 Å². The summed E-state index contributed by atoms with van der Waals surface area (Å²) in [7, 11) is 2.23. The van der Waals surface area contributed by atoms with E-state index >= 15 is 0 Å². The van der Waals surface area contributed by atoms with Crippen LogP contribution in [0.1, 0.15) is 30.7 Å². The number of piperidine rings is 1. The highest BCUT2D eigenvalue weighted by Gasteiger charge is 2.45. The fraction of sp³-hybridized carbons (Fsp3) is 0.600. The number of fused-ring (bicyclic) bond motifs is 2. The van der Waals surface area contributed by atoms with Gasteiger partial charge in [0.2, 0.25) is 0 Å². The van der Waals surface area contributed by atoms with Gasteiger partial charge in [0, 0.05) is 28.2 Å². The van der Waals surface area contributed by atoms with Crippen LogP contribution in [0.4, 0.5) is 0 Å². The van der Waals surface area contributed by atoms with Crippen LogP contribution in [0.5, 0.6) is 0 Å². The summed E-state index contributed by atoms with van der Waals surface area (Å²) in [6.45, 7) is 0.318. The van der Waals surface area contributed by atoms with E-state index in [9.17, 15) is 5.11 Å². The molecule has 2 fully saturated rings. The number of nitrogens with zero attached hydrogens (tertiary/aromatic N) is 1. The summed E-state index contributed by atoms with van der Waals surface area (Å²) in [6.07, 6.45) is 3.77. The van der Waals surface area contributed by atoms with E-state index < -0.39 is 0 Å². The van der Waals surface area contributed by atoms with Crippen molar-refractivity contribution in [2.24, 2.45) is 5.92 Å². The van der Waals surface area contributed by atoms with Crippen LogP contribution in [0.25, 0.3) is 0 Å². The van der Waals surface area contributed by atoms with Crippen LogP contribution in [-0.2, 0) is 0 Å². The summed E-state index contributed by atoms with van der Waals surface area (Å²) in [5.41, 5.74) is 1.42. The number of aliphatic hydroxyl groups is 1. The van der Waals surface area contributed by atoms with Gasteiger partial charge in [0.15, 0.2) is 0 Å². The lowest BCUT2D eigenvalue weighted by atomic mass is 9.76. The Labute approximate surface area is 123 Å². The van der Waals surface area contributed by atoms with Gasteiger partial charge in [-0.2, -0.15) is 0 Å². The topological polar surface area (TPSA) is 23.5 Å². The van der Waals surface area contributed by atoms with Gasteiger partial charge in [-0.15, -0.1) is 0 Å². The molecule has 2 bridgehead atoms. The SMILES string of the molecule is CN1C2CCC1[C@@H](CO)[C@@H](c1ccc(I)cc1)C2. The molecule has 0 spiro atoms. The second kappa shape index (κ2) is 5.10. The Morgan fingerprint density at radius 2 is 2.00 bits per heavy atom. The van der Waals surface area contributed by atoms with Gasteiger partial charge in [-0.25, -0.2) is 0 Å². The maximum Gasteiger partial charge on any atom is 0.0480 e. The van der Waals surface area contributed by atoms with Crippen LogP contribution < -0.4 is 0 Å². The standard InChI is InChI=1S/C15H20INO/c1-17-12-6-7-15(17)14(9-18)13(8-12)10-2-4-11(16)5-3-10/h2-5,12-15,18H,6-9H2,1H3/t12?,13-,14+,15?/m1/s1. The molecule has 1 aromatic carbocycles. The van der Waals surface area contributed by atoms with Crippen molar-refractivity contribution in [1.29, 1.82) is 0 Å². The molecule has 0 aliphatic carbocycles. The molecule has 2 heterocycles. The number of hydrogen-bond donors (Lipinski definition) is 1. The predicted molar refractivity (Wildman–Crippen MR) is 81.7 cm³/mol. The van der Waals surface area contributed by atoms with E-state index in [1.807, 2.05) is 0 Å². The molecule has 18 heavy (non-hydrogen) atoms. The van der Waals surface area contributed by atoms with Crippen molar-refractivity contribution in [3.8, 4) is 0 Å². The molecule has 0 amide bonds. The van der Waals surface area contributed by atoms with Gasteiger partial charge in [-0.1, -0.05) is 12.1 Å². The lowest BCUT2D eigenvalue weighted by Crippen LogP contribution is -2.47. The molecule has 2 saturated heterocycles. The molecule has 2 nitrogen and oxygen atoms in total. The average molecular weight is 357 g/mol. The highest BCUT2D eigenvalue weighted by atomic mass is 127. The number of hydrogen-bond acceptors (Lipinski definition) is 2. The lowest BCUT2D eigenvalue weighted by molar-refractivity contribution is 0.0592. The number of rotatable bonds is 2. The maximum absolute atomic E-state index is 9.79. The summed E-state index contributed by atoms with van der Waals surface area (Å²) in [6, 6.07) is 10.2. The smallest absolute Gasteiger partial charge is 0.0480 e. The summed E-state index contributed by atoms with van der Waals surface area (Å²) < 4.78 is 1.28. The highest BCUT2D eigenvalue weighted by Crippen LogP contribution is 2.45. The summed E-state index contributed by atoms with van der Waals surface area (Å²) >= 11 is 2.35. The van der Waals surface area contributed by atoms with E-state index in [2.05, 4.69) is 58.8 Å². The van der Waals surface area contributed by atoms with Crippen molar-refractivity contribution < 1.29 is 5.11 Å². The van der Waals surface area contributed by atoms with Crippen LogP contribution in [0.2, 0.25) is 0 Å². The number of halogens is 1. The number of aliphatic hydroxyl groups excluding tert-OH is 1. The van der Waals surface area contributed by atoms with Crippen molar-refractivity contribution in [3.63, 3.8) is 0 Å². The highest BCUT2D eigenvalue weighted by molar-refractivity contribution is 14.1. The summed E-state index contributed by atoms with van der Waals surface area (Å²) in [5, 5.41) is 9.79. The van der Waals surface area contributed by atoms with Gasteiger partial charge in [0.1, 0.15) is 0 Å². The van der Waals surface area contributed by atoms with E-state index in [0.717, 1.165) is 6.04 Å². The second-order valence-corrected chi connectivity index (χ2v) is 6.95. The van der Waals surface area contributed by atoms with Crippen molar-refractivity contribution in [2.75, 3.05) is 13.7 Å². The zero-order valence-electron chi connectivity index (χ0n) is 10.7. The van der Waals surface area contributed by atoms with Gasteiger partial charge in [-0.05, 0) is 72.5 Å². The molecule has 0 radical (unpaired) electrons. The molecule has 3 rings (SSSR count). The molecular weight excluding hydrogens is 337 g/mol. The zero-order chi connectivity index (χ0) is 12.7. The van der Waals surface area contributed by atoms with Crippen LogP contribution >= 0.6 is 22.6 Å². The maximum atomic E-state index is 9.79. The molecule has 0 aromatic heterocycles. The van der Waals surface area contributed by atoms with Gasteiger partial charge in [-0.3, -0.25) is 0 Å². The summed E-state index contributed by atoms with van der Waals surface area (Å²) in [5.74, 6) is 0.953. The Balaban J connectivity index is 1.89. The fourth-order valence-electron chi connectivity index (χ4n) is 3.92. The molecule has 98 valence electrons. The van der Waals surface area contributed by atoms with Crippen molar-refractivity contribution >= 4 is 22.6 Å². The Morgan fingerprint density at radius 1 is 1.28 bits per heavy atom. The minimum Gasteiger partial charge on any atom is -0.396 e. The minimum atomic E-state index is 0.318. The van der Waals surface area contributed by atoms with Gasteiger partial charge < -0.3 is 10.0 Å². The second-order valence-electron chi connectivity index (χ2n) is 5.70. The Bertz CT molecular complexity index is 419. The molecule has 0 saturated carbocycles. The zero-order valence-corrected chi connectivity index (χ0v) is 12.9. The first-order chi connectivity index (χ1) is 8.70. The van der Waals surface area contributed by atoms with Crippen LogP contribution in [0, 0.1) is 9.49 Å². The quantitative estimate of drug-likeness (QED) is 0.823. The van der Waals surface area contributed by atoms with E-state index in [1.165, 1.54) is 28.4 Å². The molecule has 2 unspecified atom stereocenters. The van der Waals surface area contributed by atoms with Crippen LogP contribution in [0.3, 0.4) is 0 Å². The van der Waals surface area contributed by atoms with E-state index in [4.69, 9.17) is 0 Å². The first-order valence-corrected chi connectivity index (χ1v) is 7.87. The Morgan fingerprint density at radius 3 is 2.67 bits per heavy atom. The van der Waals surface area contributed by atoms with Crippen molar-refractivity contribution in [3.05, 3.63) is 33.4 Å². The van der Waals surface area contributed by atoms with E-state index in [-0.39, 0.29) is 0 Å². The van der Waals surface area contributed by atoms with Crippen molar-refractivity contribution in [2.45, 2.75) is 37.3 Å². The third-order valence-electron chi connectivity index (χ3n) is 4.94. The van der Waals surface area contributed by atoms with Crippen molar-refractivity contribution in [1.82, 2.24) is 4.90 Å². The largest absolute Gasteiger partial charge is 0.396 e. The normalized spacial score (nSPS) is 35.9. The lowest BCUT2D eigenvalue weighted by Gasteiger charge is -2.42. The average Bonchev–Trinajstić information content (AvgIpc) is 2.63. The molecule has 3 heteroatoms. The minimum absolute atomic E-state index is 0.318. The fourth-order valence-corrected chi connectivity index (χ4v) is 4.28. The molecular formula is C15H20INO. The van der Waals surface area contributed by atoms with E-state index in [0.29, 0.717) is 24.5 Å². The molecule has 1 N–H and O–H groups in total. The molecule has 2 aliphatic heterocycles. The first-order valence-electron chi connectivity index (χ1n) is 6.79. The van der Waals surface area contributed by atoms with Gasteiger partial charge in [0.25, 0.3) is 0 Å². The first kappa shape index (κ1) is 12.9.